The van der Waals surface area contributed by atoms with Gasteiger partial charge in [-0.3, -0.25) is 4.79 Å². The molecule has 0 saturated heterocycles. The molecule has 5 nitrogen and oxygen atoms in total. The topological polar surface area (TPSA) is 67.4 Å². The van der Waals surface area contributed by atoms with Gasteiger partial charge >= 0.3 is 6.09 Å². The van der Waals surface area contributed by atoms with E-state index in [0.29, 0.717) is 5.69 Å². The quantitative estimate of drug-likeness (QED) is 0.463. The zero-order chi connectivity index (χ0) is 22.8. The van der Waals surface area contributed by atoms with Crippen molar-refractivity contribution in [3.8, 4) is 11.1 Å². The summed E-state index contributed by atoms with van der Waals surface area (Å²) < 4.78 is 6.54. The van der Waals surface area contributed by atoms with Crippen LogP contribution in [-0.2, 0) is 9.53 Å². The molecule has 1 aliphatic carbocycles. The number of ether oxygens (including phenoxy) is 1. The van der Waals surface area contributed by atoms with Crippen molar-refractivity contribution in [2.75, 3.05) is 11.9 Å². The monoisotopic (exact) mass is 492 g/mol. The van der Waals surface area contributed by atoms with Crippen LogP contribution in [0.25, 0.3) is 11.1 Å². The number of nitrogens with one attached hydrogen (secondary N) is 2. The van der Waals surface area contributed by atoms with Crippen molar-refractivity contribution in [3.63, 3.8) is 0 Å². The van der Waals surface area contributed by atoms with Gasteiger partial charge in [-0.25, -0.2) is 4.79 Å². The molecule has 0 radical (unpaired) electrons. The lowest BCUT2D eigenvalue weighted by Crippen LogP contribution is -2.42. The molecule has 0 heterocycles. The van der Waals surface area contributed by atoms with Crippen LogP contribution in [0.5, 0.6) is 0 Å². The van der Waals surface area contributed by atoms with E-state index in [9.17, 15) is 9.59 Å². The predicted molar refractivity (Wildman–Crippen MR) is 130 cm³/mol. The molecule has 6 heteroatoms. The standard InChI is InChI=1S/C26H25BrN2O3/c1-15-12-18(13-16(2)24(15)27)29-25(30)17(3)28-26(31)32-14-23-21-10-6-4-8-19(21)20-9-5-7-11-22(20)23/h4-13,17,23H,14H2,1-3H3,(H,28,31)(H,29,30). The van der Waals surface area contributed by atoms with Crippen LogP contribution < -0.4 is 10.6 Å². The number of fused-ring (bicyclic) bond motifs is 3. The highest BCUT2D eigenvalue weighted by Gasteiger charge is 2.29. The van der Waals surface area contributed by atoms with Crippen LogP contribution in [0.1, 0.15) is 35.1 Å². The third-order valence-electron chi connectivity index (χ3n) is 5.78. The first-order valence-electron chi connectivity index (χ1n) is 10.5. The van der Waals surface area contributed by atoms with Crippen molar-refractivity contribution in [1.82, 2.24) is 5.32 Å². The van der Waals surface area contributed by atoms with Crippen LogP contribution >= 0.6 is 15.9 Å². The summed E-state index contributed by atoms with van der Waals surface area (Å²) >= 11 is 3.52. The Balaban J connectivity index is 1.37. The average molecular weight is 493 g/mol. The Morgan fingerprint density at radius 1 is 0.969 bits per heavy atom. The Labute approximate surface area is 196 Å². The highest BCUT2D eigenvalue weighted by molar-refractivity contribution is 9.10. The van der Waals surface area contributed by atoms with Crippen molar-refractivity contribution in [3.05, 3.63) is 87.4 Å². The smallest absolute Gasteiger partial charge is 0.407 e. The van der Waals surface area contributed by atoms with Crippen molar-refractivity contribution in [2.45, 2.75) is 32.7 Å². The zero-order valence-corrected chi connectivity index (χ0v) is 19.8. The molecule has 3 aromatic carbocycles. The van der Waals surface area contributed by atoms with Gasteiger partial charge < -0.3 is 15.4 Å². The zero-order valence-electron chi connectivity index (χ0n) is 18.2. The molecular weight excluding hydrogens is 468 g/mol. The van der Waals surface area contributed by atoms with Gasteiger partial charge in [0.1, 0.15) is 12.6 Å². The second kappa shape index (κ2) is 9.17. The highest BCUT2D eigenvalue weighted by atomic mass is 79.9. The molecular formula is C26H25BrN2O3. The maximum Gasteiger partial charge on any atom is 0.407 e. The van der Waals surface area contributed by atoms with Gasteiger partial charge in [0.25, 0.3) is 0 Å². The fourth-order valence-electron chi connectivity index (χ4n) is 4.15. The number of benzene rings is 3. The first-order chi connectivity index (χ1) is 15.3. The van der Waals surface area contributed by atoms with Crippen LogP contribution in [0.2, 0.25) is 0 Å². The van der Waals surface area contributed by atoms with Crippen LogP contribution in [0.4, 0.5) is 10.5 Å². The highest BCUT2D eigenvalue weighted by Crippen LogP contribution is 2.44. The summed E-state index contributed by atoms with van der Waals surface area (Å²) in [6.07, 6.45) is -0.613. The summed E-state index contributed by atoms with van der Waals surface area (Å²) in [6, 6.07) is 19.4. The first-order valence-corrected chi connectivity index (χ1v) is 11.3. The van der Waals surface area contributed by atoms with Gasteiger partial charge in [-0.1, -0.05) is 64.5 Å². The molecule has 0 spiro atoms. The molecule has 164 valence electrons. The number of anilines is 1. The van der Waals surface area contributed by atoms with Gasteiger partial charge in [0, 0.05) is 16.1 Å². The average Bonchev–Trinajstić information content (AvgIpc) is 3.09. The third-order valence-corrected chi connectivity index (χ3v) is 7.03. The number of aryl methyl sites for hydroxylation is 2. The van der Waals surface area contributed by atoms with Crippen LogP contribution in [0.3, 0.4) is 0 Å². The number of hydrogen-bond donors (Lipinski definition) is 2. The van der Waals surface area contributed by atoms with E-state index >= 15 is 0 Å². The van der Waals surface area contributed by atoms with Gasteiger partial charge in [0.2, 0.25) is 5.91 Å². The summed E-state index contributed by atoms with van der Waals surface area (Å²) in [6.45, 7) is 5.77. The van der Waals surface area contributed by atoms with Crippen molar-refractivity contribution < 1.29 is 14.3 Å². The minimum absolute atomic E-state index is 0.0222. The van der Waals surface area contributed by atoms with E-state index in [0.717, 1.165) is 26.7 Å². The molecule has 0 aliphatic heterocycles. The van der Waals surface area contributed by atoms with Gasteiger partial charge in [0.15, 0.2) is 0 Å². The van der Waals surface area contributed by atoms with Crippen LogP contribution in [0.15, 0.2) is 65.1 Å². The van der Waals surface area contributed by atoms with Gasteiger partial charge in [0.05, 0.1) is 0 Å². The Hall–Kier alpha value is -3.12. The van der Waals surface area contributed by atoms with Crippen molar-refractivity contribution in [2.24, 2.45) is 0 Å². The first kappa shape index (κ1) is 22.1. The Morgan fingerprint density at radius 2 is 1.50 bits per heavy atom. The van der Waals surface area contributed by atoms with E-state index in [-0.39, 0.29) is 18.4 Å². The molecule has 1 atom stereocenters. The summed E-state index contributed by atoms with van der Waals surface area (Å²) in [5.41, 5.74) is 7.38. The largest absolute Gasteiger partial charge is 0.449 e. The van der Waals surface area contributed by atoms with E-state index in [1.54, 1.807) is 6.92 Å². The number of alkyl carbamates (subject to hydrolysis) is 1. The van der Waals surface area contributed by atoms with E-state index in [1.165, 1.54) is 11.1 Å². The van der Waals surface area contributed by atoms with E-state index in [2.05, 4.69) is 50.8 Å². The van der Waals surface area contributed by atoms with Gasteiger partial charge in [-0.15, -0.1) is 0 Å². The molecule has 2 N–H and O–H groups in total. The third kappa shape index (κ3) is 4.41. The number of carbonyl (C=O) groups is 2. The molecule has 1 aliphatic rings. The molecule has 1 unspecified atom stereocenters. The second-order valence-corrected chi connectivity index (χ2v) is 8.90. The number of halogens is 1. The molecule has 0 saturated carbocycles. The fraction of sp³-hybridized carbons (Fsp3) is 0.231. The number of carbonyl (C=O) groups excluding carboxylic acids is 2. The molecule has 0 aromatic heterocycles. The Morgan fingerprint density at radius 3 is 2.06 bits per heavy atom. The number of amides is 2. The maximum absolute atomic E-state index is 12.6. The van der Waals surface area contributed by atoms with Gasteiger partial charge in [-0.2, -0.15) is 0 Å². The molecule has 32 heavy (non-hydrogen) atoms. The SMILES string of the molecule is Cc1cc(NC(=O)C(C)NC(=O)OCC2c3ccccc3-c3ccccc32)cc(C)c1Br. The summed E-state index contributed by atoms with van der Waals surface area (Å²) in [5.74, 6) is -0.328. The van der Waals surface area contributed by atoms with E-state index in [1.807, 2.05) is 50.2 Å². The minimum atomic E-state index is -0.741. The molecule has 4 rings (SSSR count). The Kier molecular flexibility index (Phi) is 6.33. The lowest BCUT2D eigenvalue weighted by Gasteiger charge is -2.17. The summed E-state index contributed by atoms with van der Waals surface area (Å²) in [7, 11) is 0. The van der Waals surface area contributed by atoms with Crippen molar-refractivity contribution in [1.29, 1.82) is 0 Å². The molecule has 3 aromatic rings. The van der Waals surface area contributed by atoms with Crippen LogP contribution in [-0.4, -0.2) is 24.6 Å². The molecule has 0 bridgehead atoms. The predicted octanol–water partition coefficient (Wildman–Crippen LogP) is 5.93. The van der Waals surface area contributed by atoms with E-state index < -0.39 is 12.1 Å². The minimum Gasteiger partial charge on any atom is -0.449 e. The lowest BCUT2D eigenvalue weighted by atomic mass is 9.98. The Bertz CT molecular complexity index is 1120. The number of rotatable bonds is 5. The lowest BCUT2D eigenvalue weighted by molar-refractivity contribution is -0.117. The number of hydrogen-bond acceptors (Lipinski definition) is 3. The summed E-state index contributed by atoms with van der Waals surface area (Å²) in [5, 5.41) is 5.48. The summed E-state index contributed by atoms with van der Waals surface area (Å²) in [4.78, 5) is 25.0. The fourth-order valence-corrected chi connectivity index (χ4v) is 4.38. The van der Waals surface area contributed by atoms with Gasteiger partial charge in [-0.05, 0) is 66.3 Å². The maximum atomic E-state index is 12.6. The molecule has 2 amide bonds. The van der Waals surface area contributed by atoms with E-state index in [4.69, 9.17) is 4.74 Å². The molecule has 0 fully saturated rings. The second-order valence-electron chi connectivity index (χ2n) is 8.10. The normalized spacial score (nSPS) is 13.1. The van der Waals surface area contributed by atoms with Crippen LogP contribution in [0, 0.1) is 13.8 Å². The van der Waals surface area contributed by atoms with Crippen molar-refractivity contribution >= 4 is 33.6 Å².